The molecule has 0 saturated heterocycles. The number of fused-ring (bicyclic) bond motifs is 2. The first kappa shape index (κ1) is 16.6. The number of Topliss-reactive ketones (excluding diaryl/α,β-unsaturated/α-hetero) is 1. The quantitative estimate of drug-likeness (QED) is 0.837. The van der Waals surface area contributed by atoms with Gasteiger partial charge in [-0.05, 0) is 31.6 Å². The highest BCUT2D eigenvalue weighted by Crippen LogP contribution is 2.46. The van der Waals surface area contributed by atoms with Gasteiger partial charge in [0.25, 0.3) is 5.91 Å². The summed E-state index contributed by atoms with van der Waals surface area (Å²) in [7, 11) is -3.37. The van der Waals surface area contributed by atoms with E-state index in [9.17, 15) is 18.0 Å². The van der Waals surface area contributed by atoms with Crippen molar-refractivity contribution < 1.29 is 18.0 Å². The van der Waals surface area contributed by atoms with Gasteiger partial charge in [-0.2, -0.15) is 0 Å². The summed E-state index contributed by atoms with van der Waals surface area (Å²) in [6, 6.07) is 0. The molecule has 23 heavy (non-hydrogen) atoms. The fourth-order valence-corrected chi connectivity index (χ4v) is 5.77. The van der Waals surface area contributed by atoms with Gasteiger partial charge in [-0.1, -0.05) is 18.3 Å². The molecule has 0 radical (unpaired) electrons. The number of thiazole rings is 1. The van der Waals surface area contributed by atoms with Gasteiger partial charge in [0.15, 0.2) is 0 Å². The van der Waals surface area contributed by atoms with Crippen LogP contribution in [0.3, 0.4) is 0 Å². The normalized spacial score (nSPS) is 26.7. The van der Waals surface area contributed by atoms with E-state index in [1.165, 1.54) is 6.20 Å². The van der Waals surface area contributed by atoms with Gasteiger partial charge in [0, 0.05) is 18.4 Å². The number of nitrogens with zero attached hydrogens (tertiary/aromatic N) is 1. The van der Waals surface area contributed by atoms with Crippen molar-refractivity contribution in [3.05, 3.63) is 11.1 Å². The fourth-order valence-electron chi connectivity index (χ4n) is 3.61. The fraction of sp³-hybridized carbons (Fsp3) is 0.667. The minimum absolute atomic E-state index is 0.0200. The first-order chi connectivity index (χ1) is 10.9. The molecule has 2 saturated carbocycles. The number of ketones is 1. The summed E-state index contributed by atoms with van der Waals surface area (Å²) in [5, 5.41) is 2.77. The van der Waals surface area contributed by atoms with Crippen LogP contribution in [0.5, 0.6) is 0 Å². The highest BCUT2D eigenvalue weighted by molar-refractivity contribution is 7.93. The van der Waals surface area contributed by atoms with Gasteiger partial charge >= 0.3 is 0 Å². The Morgan fingerprint density at radius 3 is 2.87 bits per heavy atom. The largest absolute Gasteiger partial charge is 0.351 e. The van der Waals surface area contributed by atoms with Crippen molar-refractivity contribution in [3.63, 3.8) is 0 Å². The number of hydrogen-bond acceptors (Lipinski definition) is 6. The first-order valence-electron chi connectivity index (χ1n) is 7.93. The molecule has 1 amide bonds. The van der Waals surface area contributed by atoms with Crippen LogP contribution < -0.4 is 5.32 Å². The number of nitrogens with one attached hydrogen (secondary N) is 1. The molecule has 8 heteroatoms. The molecular formula is C15H20N2O4S2. The SMILES string of the molecule is CCS(=O)(=O)c1ncc(C(=O)NCCC2C(=O)C3CCC2C3)s1. The molecule has 1 aromatic rings. The Bertz CT molecular complexity index is 726. The van der Waals surface area contributed by atoms with Crippen molar-refractivity contribution >= 4 is 32.9 Å². The van der Waals surface area contributed by atoms with E-state index in [0.29, 0.717) is 24.7 Å². The van der Waals surface area contributed by atoms with Crippen LogP contribution >= 0.6 is 11.3 Å². The average Bonchev–Trinajstić information content (AvgIpc) is 3.24. The molecule has 2 bridgehead atoms. The zero-order valence-electron chi connectivity index (χ0n) is 12.9. The molecule has 1 heterocycles. The summed E-state index contributed by atoms with van der Waals surface area (Å²) in [5.74, 6) is 0.846. The minimum Gasteiger partial charge on any atom is -0.351 e. The zero-order valence-corrected chi connectivity index (χ0v) is 14.6. The Labute approximate surface area is 139 Å². The third-order valence-electron chi connectivity index (χ3n) is 4.91. The molecule has 126 valence electrons. The smallest absolute Gasteiger partial charge is 0.263 e. The number of aromatic nitrogens is 1. The minimum atomic E-state index is -3.37. The predicted molar refractivity (Wildman–Crippen MR) is 86.1 cm³/mol. The van der Waals surface area contributed by atoms with Crippen molar-refractivity contribution in [1.82, 2.24) is 10.3 Å². The van der Waals surface area contributed by atoms with E-state index in [1.54, 1.807) is 6.92 Å². The molecule has 6 nitrogen and oxygen atoms in total. The molecule has 1 N–H and O–H groups in total. The van der Waals surface area contributed by atoms with Gasteiger partial charge in [-0.3, -0.25) is 9.59 Å². The maximum atomic E-state index is 12.1. The Balaban J connectivity index is 1.53. The van der Waals surface area contributed by atoms with E-state index in [1.807, 2.05) is 0 Å². The number of amides is 1. The maximum Gasteiger partial charge on any atom is 0.263 e. The summed E-state index contributed by atoms with van der Waals surface area (Å²) in [4.78, 5) is 28.3. The lowest BCUT2D eigenvalue weighted by Crippen LogP contribution is -2.29. The molecule has 3 unspecified atom stereocenters. The van der Waals surface area contributed by atoms with Crippen molar-refractivity contribution in [3.8, 4) is 0 Å². The lowest BCUT2D eigenvalue weighted by molar-refractivity contribution is -0.125. The van der Waals surface area contributed by atoms with Crippen LogP contribution in [0.15, 0.2) is 10.5 Å². The Kier molecular flexibility index (Phi) is 4.55. The maximum absolute atomic E-state index is 12.1. The van der Waals surface area contributed by atoms with Crippen LogP contribution in [0.4, 0.5) is 0 Å². The number of rotatable bonds is 6. The summed E-state index contributed by atoms with van der Waals surface area (Å²) in [6.07, 6.45) is 5.14. The van der Waals surface area contributed by atoms with E-state index < -0.39 is 9.84 Å². The highest BCUT2D eigenvalue weighted by atomic mass is 32.2. The number of carbonyl (C=O) groups excluding carboxylic acids is 2. The van der Waals surface area contributed by atoms with Crippen molar-refractivity contribution in [2.24, 2.45) is 17.8 Å². The molecule has 0 aromatic carbocycles. The monoisotopic (exact) mass is 356 g/mol. The molecule has 2 fully saturated rings. The van der Waals surface area contributed by atoms with Crippen LogP contribution in [-0.4, -0.2) is 37.4 Å². The van der Waals surface area contributed by atoms with Crippen molar-refractivity contribution in [2.75, 3.05) is 12.3 Å². The summed E-state index contributed by atoms with van der Waals surface area (Å²) >= 11 is 0.890. The van der Waals surface area contributed by atoms with Crippen LogP contribution in [0.2, 0.25) is 0 Å². The van der Waals surface area contributed by atoms with E-state index in [-0.39, 0.29) is 32.7 Å². The Morgan fingerprint density at radius 2 is 2.22 bits per heavy atom. The second-order valence-electron chi connectivity index (χ2n) is 6.22. The van der Waals surface area contributed by atoms with Gasteiger partial charge in [0.2, 0.25) is 14.2 Å². The molecule has 1 aromatic heterocycles. The number of sulfone groups is 1. The average molecular weight is 356 g/mol. The molecule has 0 aliphatic heterocycles. The van der Waals surface area contributed by atoms with E-state index in [2.05, 4.69) is 10.3 Å². The Morgan fingerprint density at radius 1 is 1.43 bits per heavy atom. The summed E-state index contributed by atoms with van der Waals surface area (Å²) in [6.45, 7) is 1.98. The highest BCUT2D eigenvalue weighted by Gasteiger charge is 2.46. The lowest BCUT2D eigenvalue weighted by Gasteiger charge is -2.20. The van der Waals surface area contributed by atoms with Gasteiger partial charge in [-0.25, -0.2) is 13.4 Å². The zero-order chi connectivity index (χ0) is 16.6. The molecule has 0 spiro atoms. The Hall–Kier alpha value is -1.28. The molecule has 2 aliphatic carbocycles. The van der Waals surface area contributed by atoms with Crippen LogP contribution in [0, 0.1) is 17.8 Å². The molecule has 3 atom stereocenters. The summed E-state index contributed by atoms with van der Waals surface area (Å²) in [5.41, 5.74) is 0. The van der Waals surface area contributed by atoms with Crippen LogP contribution in [0.1, 0.15) is 42.3 Å². The number of hydrogen-bond donors (Lipinski definition) is 1. The lowest BCUT2D eigenvalue weighted by atomic mass is 9.85. The first-order valence-corrected chi connectivity index (χ1v) is 10.4. The molecule has 3 rings (SSSR count). The van der Waals surface area contributed by atoms with Crippen molar-refractivity contribution in [2.45, 2.75) is 36.9 Å². The van der Waals surface area contributed by atoms with Gasteiger partial charge < -0.3 is 5.32 Å². The second kappa shape index (κ2) is 6.32. The van der Waals surface area contributed by atoms with Gasteiger partial charge in [0.05, 0.1) is 11.9 Å². The molecular weight excluding hydrogens is 336 g/mol. The second-order valence-corrected chi connectivity index (χ2v) is 9.70. The van der Waals surface area contributed by atoms with E-state index in [4.69, 9.17) is 0 Å². The predicted octanol–water partition coefficient (Wildman–Crippen LogP) is 1.67. The molecule has 2 aliphatic rings. The van der Waals surface area contributed by atoms with Crippen LogP contribution in [0.25, 0.3) is 0 Å². The topological polar surface area (TPSA) is 93.2 Å². The van der Waals surface area contributed by atoms with Crippen LogP contribution in [-0.2, 0) is 14.6 Å². The van der Waals surface area contributed by atoms with E-state index in [0.717, 1.165) is 30.6 Å². The standard InChI is InChI=1S/C15H20N2O4S2/c1-2-23(20,21)15-17-8-12(22-15)14(19)16-6-5-11-9-3-4-10(7-9)13(11)18/h8-11H,2-7H2,1H3,(H,16,19). The third kappa shape index (κ3) is 3.19. The van der Waals surface area contributed by atoms with Gasteiger partial charge in [-0.15, -0.1) is 0 Å². The van der Waals surface area contributed by atoms with Crippen molar-refractivity contribution in [1.29, 1.82) is 0 Å². The summed E-state index contributed by atoms with van der Waals surface area (Å²) < 4.78 is 23.4. The third-order valence-corrected chi connectivity index (χ3v) is 8.11. The van der Waals surface area contributed by atoms with E-state index >= 15 is 0 Å². The van der Waals surface area contributed by atoms with Gasteiger partial charge in [0.1, 0.15) is 10.7 Å². The number of carbonyl (C=O) groups is 2.